The second-order valence-electron chi connectivity index (χ2n) is 4.31. The van der Waals surface area contributed by atoms with E-state index in [1.807, 2.05) is 0 Å². The molecule has 3 heteroatoms. The predicted octanol–water partition coefficient (Wildman–Crippen LogP) is 1.19. The quantitative estimate of drug-likeness (QED) is 0.464. The van der Waals surface area contributed by atoms with Crippen LogP contribution in [0.1, 0.15) is 0 Å². The van der Waals surface area contributed by atoms with Crippen LogP contribution >= 0.6 is 0 Å². The molecule has 1 aromatic rings. The summed E-state index contributed by atoms with van der Waals surface area (Å²) in [5, 5.41) is 0. The smallest absolute Gasteiger partial charge is 0.240 e. The molecule has 0 bridgehead atoms. The Morgan fingerprint density at radius 1 is 1.36 bits per heavy atom. The molecule has 11 heavy (non-hydrogen) atoms. The van der Waals surface area contributed by atoms with Crippen LogP contribution in [0.4, 0.5) is 0 Å². The number of hydrogen-bond acceptors (Lipinski definition) is 0. The Balaban J connectivity index is 2.65. The molecule has 0 atom stereocenters. The summed E-state index contributed by atoms with van der Waals surface area (Å²) in [6.45, 7) is 7.15. The highest BCUT2D eigenvalue weighted by atomic mass is 28.3. The fraction of sp³-hybridized carbons (Fsp3) is 0.625. The molecule has 62 valence electrons. The highest BCUT2D eigenvalue weighted by Gasteiger charge is 2.17. The van der Waals surface area contributed by atoms with E-state index in [0.717, 1.165) is 0 Å². The average Bonchev–Trinajstić information content (AvgIpc) is 2.10. The minimum absolute atomic E-state index is 0.935. The van der Waals surface area contributed by atoms with Crippen LogP contribution in [0.2, 0.25) is 19.6 Å². The fourth-order valence-corrected chi connectivity index (χ4v) is 2.43. The molecule has 1 aromatic heterocycles. The van der Waals surface area contributed by atoms with Gasteiger partial charge in [0.25, 0.3) is 0 Å². The van der Waals surface area contributed by atoms with Crippen molar-refractivity contribution < 1.29 is 4.57 Å². The van der Waals surface area contributed by atoms with E-state index in [9.17, 15) is 0 Å². The summed E-state index contributed by atoms with van der Waals surface area (Å²) >= 11 is 0. The van der Waals surface area contributed by atoms with Gasteiger partial charge in [-0.2, -0.15) is 0 Å². The zero-order valence-electron chi connectivity index (χ0n) is 7.83. The molecule has 0 saturated heterocycles. The lowest BCUT2D eigenvalue weighted by Gasteiger charge is -2.11. The highest BCUT2D eigenvalue weighted by molar-refractivity contribution is 6.74. The Kier molecular flexibility index (Phi) is 2.18. The van der Waals surface area contributed by atoms with Crippen molar-refractivity contribution in [1.29, 1.82) is 0 Å². The lowest BCUT2D eigenvalue weighted by atomic mass is 10.9. The molecule has 0 aliphatic rings. The Labute approximate surface area is 69.5 Å². The van der Waals surface area contributed by atoms with Crippen LogP contribution in [0, 0.1) is 0 Å². The van der Waals surface area contributed by atoms with E-state index in [4.69, 9.17) is 0 Å². The average molecular weight is 169 g/mol. The predicted molar refractivity (Wildman–Crippen MR) is 49.0 cm³/mol. The van der Waals surface area contributed by atoms with Crippen LogP contribution < -0.4 is 4.57 Å². The van der Waals surface area contributed by atoms with Gasteiger partial charge in [0.1, 0.15) is 12.4 Å². The first-order chi connectivity index (χ1) is 4.97. The van der Waals surface area contributed by atoms with Gasteiger partial charge in [0.15, 0.2) is 0 Å². The second-order valence-corrected chi connectivity index (χ2v) is 9.75. The molecule has 0 aliphatic heterocycles. The molecule has 1 heterocycles. The van der Waals surface area contributed by atoms with Crippen LogP contribution in [0.25, 0.3) is 0 Å². The van der Waals surface area contributed by atoms with Crippen molar-refractivity contribution in [3.8, 4) is 0 Å². The van der Waals surface area contributed by atoms with Crippen LogP contribution in [-0.4, -0.2) is 12.6 Å². The van der Waals surface area contributed by atoms with Crippen molar-refractivity contribution in [2.75, 3.05) is 0 Å². The molecule has 2 nitrogen and oxygen atoms in total. The van der Waals surface area contributed by atoms with Crippen LogP contribution in [0.15, 0.2) is 18.7 Å². The third-order valence-corrected chi connectivity index (χ3v) is 2.79. The van der Waals surface area contributed by atoms with Gasteiger partial charge < -0.3 is 0 Å². The topological polar surface area (TPSA) is 8.81 Å². The highest BCUT2D eigenvalue weighted by Crippen LogP contribution is 2.03. The Hall–Kier alpha value is -0.573. The van der Waals surface area contributed by atoms with E-state index in [-0.39, 0.29) is 0 Å². The zero-order valence-corrected chi connectivity index (χ0v) is 8.83. The van der Waals surface area contributed by atoms with Crippen molar-refractivity contribution in [1.82, 2.24) is 4.57 Å². The third-order valence-electron chi connectivity index (χ3n) is 1.48. The van der Waals surface area contributed by atoms with Gasteiger partial charge in [0.2, 0.25) is 6.33 Å². The van der Waals surface area contributed by atoms with E-state index in [2.05, 4.69) is 54.5 Å². The maximum atomic E-state index is 2.38. The van der Waals surface area contributed by atoms with E-state index in [1.54, 1.807) is 0 Å². The molecule has 0 N–H and O–H groups in total. The van der Waals surface area contributed by atoms with E-state index >= 15 is 0 Å². The Bertz CT molecular complexity index is 234. The van der Waals surface area contributed by atoms with E-state index < -0.39 is 8.07 Å². The molecular weight excluding hydrogens is 152 g/mol. The summed E-state index contributed by atoms with van der Waals surface area (Å²) in [4.78, 5) is 0. The molecule has 0 saturated carbocycles. The number of rotatable bonds is 2. The third kappa shape index (κ3) is 2.88. The molecule has 0 unspecified atom stereocenters. The molecule has 0 amide bonds. The number of imidazole rings is 1. The normalized spacial score (nSPS) is 12.0. The number of aromatic nitrogens is 2. The molecule has 0 radical (unpaired) electrons. The monoisotopic (exact) mass is 169 g/mol. The number of hydrogen-bond donors (Lipinski definition) is 0. The second kappa shape index (κ2) is 2.81. The van der Waals surface area contributed by atoms with Gasteiger partial charge in [0, 0.05) is 0 Å². The number of aryl methyl sites for hydroxylation is 1. The summed E-state index contributed by atoms with van der Waals surface area (Å²) in [6, 6.07) is 0. The summed E-state index contributed by atoms with van der Waals surface area (Å²) < 4.78 is 4.35. The SMILES string of the molecule is C[n+]1ccn(C[Si](C)(C)C)c1. The van der Waals surface area contributed by atoms with Crippen LogP contribution in [0.3, 0.4) is 0 Å². The van der Waals surface area contributed by atoms with Gasteiger partial charge in [-0.05, 0) is 0 Å². The molecule has 0 spiro atoms. The molecule has 1 rings (SSSR count). The lowest BCUT2D eigenvalue weighted by Crippen LogP contribution is -2.29. The summed E-state index contributed by atoms with van der Waals surface area (Å²) in [5.74, 6) is 0. The molecule has 0 aliphatic carbocycles. The van der Waals surface area contributed by atoms with Crippen molar-refractivity contribution in [3.05, 3.63) is 18.7 Å². The van der Waals surface area contributed by atoms with Crippen LogP contribution in [0.5, 0.6) is 0 Å². The van der Waals surface area contributed by atoms with Crippen LogP contribution in [-0.2, 0) is 13.2 Å². The van der Waals surface area contributed by atoms with Gasteiger partial charge in [-0.25, -0.2) is 9.13 Å². The maximum absolute atomic E-state index is 2.38. The van der Waals surface area contributed by atoms with Crippen molar-refractivity contribution >= 4 is 8.07 Å². The molecular formula is C8H17N2Si+. The summed E-state index contributed by atoms with van der Waals surface area (Å²) in [5.41, 5.74) is 0. The first-order valence-corrected chi connectivity index (χ1v) is 7.69. The first kappa shape index (κ1) is 8.52. The van der Waals surface area contributed by atoms with Gasteiger partial charge in [-0.3, -0.25) is 0 Å². The lowest BCUT2D eigenvalue weighted by molar-refractivity contribution is -0.671. The standard InChI is InChI=1S/C8H17N2Si/c1-9-5-6-10(7-9)8-11(2,3)4/h5-7H,8H2,1-4H3/q+1. The van der Waals surface area contributed by atoms with Gasteiger partial charge >= 0.3 is 0 Å². The summed E-state index contributed by atoms with van der Waals surface area (Å²) in [7, 11) is 1.12. The van der Waals surface area contributed by atoms with E-state index in [1.165, 1.54) is 6.17 Å². The van der Waals surface area contributed by atoms with E-state index in [0.29, 0.717) is 0 Å². The maximum Gasteiger partial charge on any atom is 0.243 e. The first-order valence-electron chi connectivity index (χ1n) is 3.98. The largest absolute Gasteiger partial charge is 0.243 e. The molecule has 0 aromatic carbocycles. The van der Waals surface area contributed by atoms with Gasteiger partial charge in [-0.1, -0.05) is 19.6 Å². The number of nitrogens with zero attached hydrogens (tertiary/aromatic N) is 2. The van der Waals surface area contributed by atoms with Gasteiger partial charge in [0.05, 0.1) is 21.3 Å². The summed E-state index contributed by atoms with van der Waals surface area (Å²) in [6.07, 6.45) is 7.57. The zero-order chi connectivity index (χ0) is 8.48. The fourth-order valence-electron chi connectivity index (χ4n) is 1.14. The van der Waals surface area contributed by atoms with Crippen molar-refractivity contribution in [2.45, 2.75) is 25.8 Å². The molecule has 0 fully saturated rings. The Morgan fingerprint density at radius 2 is 2.00 bits per heavy atom. The Morgan fingerprint density at radius 3 is 2.36 bits per heavy atom. The minimum atomic E-state index is -0.935. The van der Waals surface area contributed by atoms with Crippen molar-refractivity contribution in [3.63, 3.8) is 0 Å². The minimum Gasteiger partial charge on any atom is -0.240 e. The van der Waals surface area contributed by atoms with Crippen molar-refractivity contribution in [2.24, 2.45) is 7.05 Å². The van der Waals surface area contributed by atoms with Gasteiger partial charge in [-0.15, -0.1) is 0 Å².